The van der Waals surface area contributed by atoms with Gasteiger partial charge in [-0.25, -0.2) is 0 Å². The van der Waals surface area contributed by atoms with Gasteiger partial charge in [0.15, 0.2) is 0 Å². The fourth-order valence-corrected chi connectivity index (χ4v) is 2.98. The van der Waals surface area contributed by atoms with Crippen molar-refractivity contribution in [3.8, 4) is 0 Å². The summed E-state index contributed by atoms with van der Waals surface area (Å²) in [5, 5.41) is 0. The maximum Gasteiger partial charge on any atom is 0.0785 e. The second-order valence-corrected chi connectivity index (χ2v) is 5.72. The zero-order chi connectivity index (χ0) is 15.4. The third-order valence-electron chi connectivity index (χ3n) is 4.13. The molecule has 0 bridgehead atoms. The van der Waals surface area contributed by atoms with Crippen LogP contribution in [-0.4, -0.2) is 19.9 Å². The Hall–Kier alpha value is -0.478. The summed E-state index contributed by atoms with van der Waals surface area (Å²) >= 11 is 0. The number of fused-ring (bicyclic) bond motifs is 2. The van der Waals surface area contributed by atoms with E-state index in [2.05, 4.69) is 19.9 Å². The third-order valence-corrected chi connectivity index (χ3v) is 4.13. The number of nitrogens with two attached hydrogens (primary N) is 1. The zero-order valence-electron chi connectivity index (χ0n) is 13.2. The Balaban J connectivity index is 0.000000160. The van der Waals surface area contributed by atoms with Gasteiger partial charge in [-0.1, -0.05) is 12.5 Å². The van der Waals surface area contributed by atoms with E-state index >= 15 is 0 Å². The molecule has 119 valence electrons. The average molecular weight is 524 g/mol. The molecular formula is C16H21AcN6-. The molecule has 0 fully saturated rings. The van der Waals surface area contributed by atoms with Gasteiger partial charge in [0.2, 0.25) is 0 Å². The SMILES string of the molecule is N[C@H]1CCCc2nccnc21.[Ac].[NH-][C@@H]1CCCc2nccnc21. The molecule has 1 radical (unpaired) electrons. The molecule has 0 amide bonds. The molecule has 2 aliphatic carbocycles. The van der Waals surface area contributed by atoms with E-state index in [0.29, 0.717) is 0 Å². The largest absolute Gasteiger partial charge is 0.670 e. The van der Waals surface area contributed by atoms with Gasteiger partial charge in [0.05, 0.1) is 17.1 Å². The minimum atomic E-state index is -0.132. The second-order valence-electron chi connectivity index (χ2n) is 5.72. The van der Waals surface area contributed by atoms with Crippen molar-refractivity contribution < 1.29 is 44.1 Å². The fourth-order valence-electron chi connectivity index (χ4n) is 2.98. The number of nitrogens with one attached hydrogen (secondary N) is 1. The van der Waals surface area contributed by atoms with Gasteiger partial charge in [-0.05, 0) is 32.1 Å². The summed E-state index contributed by atoms with van der Waals surface area (Å²) in [5.74, 6) is 0. The molecule has 2 heterocycles. The Morgan fingerprint density at radius 3 is 1.96 bits per heavy atom. The van der Waals surface area contributed by atoms with Crippen LogP contribution in [0.5, 0.6) is 0 Å². The number of rotatable bonds is 0. The van der Waals surface area contributed by atoms with E-state index in [1.165, 1.54) is 0 Å². The Bertz CT molecular complexity index is 580. The van der Waals surface area contributed by atoms with Crippen LogP contribution < -0.4 is 5.73 Å². The normalized spacial score (nSPS) is 21.8. The first-order chi connectivity index (χ1) is 10.8. The van der Waals surface area contributed by atoms with Crippen molar-refractivity contribution in [3.63, 3.8) is 0 Å². The molecule has 23 heavy (non-hydrogen) atoms. The van der Waals surface area contributed by atoms with Gasteiger partial charge in [0.25, 0.3) is 0 Å². The van der Waals surface area contributed by atoms with Crippen LogP contribution in [0.25, 0.3) is 5.73 Å². The Morgan fingerprint density at radius 2 is 1.35 bits per heavy atom. The van der Waals surface area contributed by atoms with Crippen LogP contribution in [0.1, 0.15) is 60.5 Å². The first-order valence-electron chi connectivity index (χ1n) is 7.82. The van der Waals surface area contributed by atoms with E-state index in [-0.39, 0.29) is 56.1 Å². The number of aryl methyl sites for hydroxylation is 2. The predicted octanol–water partition coefficient (Wildman–Crippen LogP) is 2.72. The quantitative estimate of drug-likeness (QED) is 0.572. The van der Waals surface area contributed by atoms with E-state index in [0.717, 1.165) is 61.3 Å². The van der Waals surface area contributed by atoms with Gasteiger partial charge in [-0.2, -0.15) is 0 Å². The van der Waals surface area contributed by atoms with Crippen LogP contribution in [0.2, 0.25) is 0 Å². The standard InChI is InChI=1S/C8H11N3.C8H10N3.Ac/c2*9-6-2-1-3-7-8(6)11-5-4-10-7;/h4-6H,1-3,9H2;4-6,9H,1-3H2;/q;-1;/t2*6-;/m01./s1. The summed E-state index contributed by atoms with van der Waals surface area (Å²) < 4.78 is 0. The molecule has 0 saturated carbocycles. The summed E-state index contributed by atoms with van der Waals surface area (Å²) in [6, 6.07) is -0.0140. The van der Waals surface area contributed by atoms with Crippen LogP contribution in [-0.2, 0) is 12.8 Å². The molecule has 3 N–H and O–H groups in total. The molecule has 0 saturated heterocycles. The smallest absolute Gasteiger partial charge is 0.0785 e. The van der Waals surface area contributed by atoms with Crippen molar-refractivity contribution in [2.45, 2.75) is 50.6 Å². The maximum absolute atomic E-state index is 7.65. The molecular weight excluding hydrogens is 503 g/mol. The molecule has 0 aliphatic heterocycles. The Labute approximate surface area is 172 Å². The van der Waals surface area contributed by atoms with E-state index in [9.17, 15) is 0 Å². The van der Waals surface area contributed by atoms with E-state index in [1.807, 2.05) is 0 Å². The van der Waals surface area contributed by atoms with Crippen LogP contribution in [0, 0.1) is 44.1 Å². The van der Waals surface area contributed by atoms with Crippen LogP contribution in [0.4, 0.5) is 0 Å². The minimum Gasteiger partial charge on any atom is -0.670 e. The molecule has 2 aliphatic rings. The average Bonchev–Trinajstić information content (AvgIpc) is 2.57. The minimum absolute atomic E-state index is 0. The molecule has 0 aromatic carbocycles. The van der Waals surface area contributed by atoms with Crippen molar-refractivity contribution in [2.75, 3.05) is 0 Å². The molecule has 2 atom stereocenters. The number of nitrogens with zero attached hydrogens (tertiary/aromatic N) is 4. The van der Waals surface area contributed by atoms with Crippen molar-refractivity contribution in [1.29, 1.82) is 0 Å². The summed E-state index contributed by atoms with van der Waals surface area (Å²) in [5.41, 5.74) is 17.5. The van der Waals surface area contributed by atoms with Gasteiger partial charge in [0.1, 0.15) is 0 Å². The van der Waals surface area contributed by atoms with Crippen LogP contribution in [0.3, 0.4) is 0 Å². The second kappa shape index (κ2) is 9.12. The zero-order valence-corrected chi connectivity index (χ0v) is 17.9. The number of hydrogen-bond donors (Lipinski definition) is 1. The van der Waals surface area contributed by atoms with Gasteiger partial charge in [0, 0.05) is 80.6 Å². The van der Waals surface area contributed by atoms with Crippen LogP contribution in [0.15, 0.2) is 24.8 Å². The molecule has 4 rings (SSSR count). The van der Waals surface area contributed by atoms with Gasteiger partial charge < -0.3 is 11.5 Å². The first-order valence-corrected chi connectivity index (χ1v) is 7.82. The summed E-state index contributed by atoms with van der Waals surface area (Å²) in [6.07, 6.45) is 13.1. The monoisotopic (exact) mass is 524 g/mol. The summed E-state index contributed by atoms with van der Waals surface area (Å²) in [7, 11) is 0. The van der Waals surface area contributed by atoms with Crippen LogP contribution >= 0.6 is 0 Å². The van der Waals surface area contributed by atoms with E-state index in [4.69, 9.17) is 11.5 Å². The van der Waals surface area contributed by atoms with E-state index < -0.39 is 0 Å². The number of hydrogen-bond acceptors (Lipinski definition) is 5. The summed E-state index contributed by atoms with van der Waals surface area (Å²) in [6.45, 7) is 0. The predicted molar refractivity (Wildman–Crippen MR) is 83.9 cm³/mol. The molecule has 6 nitrogen and oxygen atoms in total. The van der Waals surface area contributed by atoms with Crippen molar-refractivity contribution >= 4 is 0 Å². The molecule has 7 heteroatoms. The molecule has 0 unspecified atom stereocenters. The van der Waals surface area contributed by atoms with E-state index in [1.54, 1.807) is 24.8 Å². The van der Waals surface area contributed by atoms with Crippen molar-refractivity contribution in [1.82, 2.24) is 19.9 Å². The summed E-state index contributed by atoms with van der Waals surface area (Å²) in [4.78, 5) is 16.8. The van der Waals surface area contributed by atoms with Crippen molar-refractivity contribution in [2.24, 2.45) is 5.73 Å². The first kappa shape index (κ1) is 18.9. The Kier molecular flexibility index (Phi) is 7.48. The maximum atomic E-state index is 7.65. The van der Waals surface area contributed by atoms with Gasteiger partial charge >= 0.3 is 0 Å². The molecule has 2 aromatic rings. The fraction of sp³-hybridized carbons (Fsp3) is 0.500. The number of aromatic nitrogens is 4. The van der Waals surface area contributed by atoms with Crippen molar-refractivity contribution in [3.05, 3.63) is 53.3 Å². The topological polar surface area (TPSA) is 101 Å². The Morgan fingerprint density at radius 1 is 0.826 bits per heavy atom. The van der Waals surface area contributed by atoms with Gasteiger partial charge in [-0.3, -0.25) is 19.9 Å². The third kappa shape index (κ3) is 4.76. The molecule has 0 spiro atoms. The van der Waals surface area contributed by atoms with Gasteiger partial charge in [-0.15, -0.1) is 0 Å². The molecule has 2 aromatic heterocycles.